The topological polar surface area (TPSA) is 38.3 Å². The fourth-order valence-corrected chi connectivity index (χ4v) is 2.98. The summed E-state index contributed by atoms with van der Waals surface area (Å²) in [6.07, 6.45) is 0.531. The molecule has 1 unspecified atom stereocenters. The molecule has 0 aliphatic carbocycles. The average Bonchev–Trinajstić information content (AvgIpc) is 2.43. The lowest BCUT2D eigenvalue weighted by Crippen LogP contribution is -2.50. The van der Waals surface area contributed by atoms with Crippen LogP contribution in [-0.2, 0) is 9.53 Å². The summed E-state index contributed by atoms with van der Waals surface area (Å²) >= 11 is 1.38. The van der Waals surface area contributed by atoms with Gasteiger partial charge in [-0.05, 0) is 45.0 Å². The number of esters is 1. The first-order valence-corrected chi connectivity index (χ1v) is 7.91. The molecule has 0 amide bonds. The van der Waals surface area contributed by atoms with E-state index in [4.69, 9.17) is 4.74 Å². The minimum Gasteiger partial charge on any atom is -0.465 e. The summed E-state index contributed by atoms with van der Waals surface area (Å²) < 4.78 is 31.0. The second-order valence-electron chi connectivity index (χ2n) is 4.76. The molecule has 0 fully saturated rings. The highest BCUT2D eigenvalue weighted by Gasteiger charge is 2.33. The predicted molar refractivity (Wildman–Crippen MR) is 80.4 cm³/mol. The Morgan fingerprint density at radius 2 is 2.05 bits per heavy atom. The van der Waals surface area contributed by atoms with E-state index in [9.17, 15) is 13.6 Å². The molecule has 0 bridgehead atoms. The number of likely N-dealkylation sites (N-methyl/N-ethyl adjacent to an activating group) is 1. The maximum Gasteiger partial charge on any atom is 0.326 e. The smallest absolute Gasteiger partial charge is 0.326 e. The Labute approximate surface area is 128 Å². The lowest BCUT2D eigenvalue weighted by molar-refractivity contribution is -0.150. The summed E-state index contributed by atoms with van der Waals surface area (Å²) in [6, 6.07) is 3.79. The van der Waals surface area contributed by atoms with E-state index in [2.05, 4.69) is 5.32 Å². The third-order valence-corrected chi connectivity index (χ3v) is 4.05. The SMILES string of the molecule is CCNC(C)(CCSc1ccc(F)c(F)c1)C(=O)OCC. The maximum absolute atomic E-state index is 13.1. The van der Waals surface area contributed by atoms with Gasteiger partial charge in [0.25, 0.3) is 0 Å². The van der Waals surface area contributed by atoms with Crippen LogP contribution < -0.4 is 5.32 Å². The molecule has 1 N–H and O–H groups in total. The molecule has 0 spiro atoms. The Balaban J connectivity index is 2.60. The van der Waals surface area contributed by atoms with Gasteiger partial charge in [0.2, 0.25) is 0 Å². The Hall–Kier alpha value is -1.14. The van der Waals surface area contributed by atoms with Gasteiger partial charge in [-0.2, -0.15) is 0 Å². The summed E-state index contributed by atoms with van der Waals surface area (Å²) in [5.74, 6) is -1.42. The molecular formula is C15H21F2NO2S. The van der Waals surface area contributed by atoms with Crippen LogP contribution in [0.4, 0.5) is 8.78 Å². The van der Waals surface area contributed by atoms with E-state index in [-0.39, 0.29) is 5.97 Å². The number of hydrogen-bond donors (Lipinski definition) is 1. The van der Waals surface area contributed by atoms with Crippen molar-refractivity contribution >= 4 is 17.7 Å². The van der Waals surface area contributed by atoms with Gasteiger partial charge in [-0.3, -0.25) is 4.79 Å². The number of thioether (sulfide) groups is 1. The molecule has 0 saturated carbocycles. The van der Waals surface area contributed by atoms with Crippen molar-refractivity contribution in [3.8, 4) is 0 Å². The minimum absolute atomic E-state index is 0.294. The van der Waals surface area contributed by atoms with Crippen LogP contribution in [-0.4, -0.2) is 30.4 Å². The van der Waals surface area contributed by atoms with Gasteiger partial charge in [0.15, 0.2) is 11.6 Å². The van der Waals surface area contributed by atoms with Crippen LogP contribution in [0.15, 0.2) is 23.1 Å². The van der Waals surface area contributed by atoms with Crippen molar-refractivity contribution in [2.24, 2.45) is 0 Å². The van der Waals surface area contributed by atoms with Crippen LogP contribution in [0, 0.1) is 11.6 Å². The summed E-state index contributed by atoms with van der Waals surface area (Å²) in [5.41, 5.74) is -0.768. The number of benzene rings is 1. The molecule has 3 nitrogen and oxygen atoms in total. The molecule has 0 aliphatic rings. The van der Waals surface area contributed by atoms with Crippen molar-refractivity contribution < 1.29 is 18.3 Å². The molecule has 1 atom stereocenters. The molecule has 6 heteroatoms. The molecule has 21 heavy (non-hydrogen) atoms. The highest BCUT2D eigenvalue weighted by molar-refractivity contribution is 7.99. The number of carbonyl (C=O) groups excluding carboxylic acids is 1. The van der Waals surface area contributed by atoms with E-state index in [1.165, 1.54) is 17.8 Å². The molecule has 0 saturated heterocycles. The minimum atomic E-state index is -0.861. The lowest BCUT2D eigenvalue weighted by atomic mass is 9.99. The second-order valence-corrected chi connectivity index (χ2v) is 5.93. The number of halogens is 2. The van der Waals surface area contributed by atoms with Gasteiger partial charge in [-0.25, -0.2) is 8.78 Å². The Morgan fingerprint density at radius 1 is 1.33 bits per heavy atom. The third-order valence-electron chi connectivity index (χ3n) is 3.05. The fourth-order valence-electron chi connectivity index (χ4n) is 1.88. The molecule has 0 aliphatic heterocycles. The van der Waals surface area contributed by atoms with Crippen LogP contribution in [0.5, 0.6) is 0 Å². The Morgan fingerprint density at radius 3 is 2.62 bits per heavy atom. The van der Waals surface area contributed by atoms with Crippen molar-refractivity contribution in [1.29, 1.82) is 0 Å². The zero-order valence-electron chi connectivity index (χ0n) is 12.5. The van der Waals surface area contributed by atoms with Gasteiger partial charge in [-0.1, -0.05) is 6.92 Å². The van der Waals surface area contributed by atoms with Crippen LogP contribution in [0.25, 0.3) is 0 Å². The molecular weight excluding hydrogens is 296 g/mol. The quantitative estimate of drug-likeness (QED) is 0.589. The van der Waals surface area contributed by atoms with Crippen LogP contribution in [0.2, 0.25) is 0 Å². The van der Waals surface area contributed by atoms with Crippen LogP contribution >= 0.6 is 11.8 Å². The first-order valence-electron chi connectivity index (χ1n) is 6.93. The van der Waals surface area contributed by atoms with E-state index in [0.717, 1.165) is 12.1 Å². The van der Waals surface area contributed by atoms with Gasteiger partial charge < -0.3 is 10.1 Å². The first kappa shape index (κ1) is 17.9. The molecule has 118 valence electrons. The Kier molecular flexibility index (Phi) is 7.11. The summed E-state index contributed by atoms with van der Waals surface area (Å²) in [5, 5.41) is 3.13. The van der Waals surface area contributed by atoms with E-state index in [1.54, 1.807) is 13.8 Å². The fraction of sp³-hybridized carbons (Fsp3) is 0.533. The largest absolute Gasteiger partial charge is 0.465 e. The van der Waals surface area contributed by atoms with Gasteiger partial charge >= 0.3 is 5.97 Å². The zero-order valence-corrected chi connectivity index (χ0v) is 13.4. The summed E-state index contributed by atoms with van der Waals surface area (Å²) in [7, 11) is 0. The molecule has 0 heterocycles. The third kappa shape index (κ3) is 5.28. The van der Waals surface area contributed by atoms with Gasteiger partial charge in [-0.15, -0.1) is 11.8 Å². The molecule has 1 rings (SSSR count). The number of carbonyl (C=O) groups is 1. The van der Waals surface area contributed by atoms with Gasteiger partial charge in [0.05, 0.1) is 6.61 Å². The highest BCUT2D eigenvalue weighted by atomic mass is 32.2. The van der Waals surface area contributed by atoms with Crippen molar-refractivity contribution in [3.05, 3.63) is 29.8 Å². The molecule has 0 radical (unpaired) electrons. The molecule has 0 aromatic heterocycles. The Bertz CT molecular complexity index is 485. The van der Waals surface area contributed by atoms with Crippen LogP contribution in [0.1, 0.15) is 27.2 Å². The predicted octanol–water partition coefficient (Wildman–Crippen LogP) is 3.38. The van der Waals surface area contributed by atoms with Crippen molar-refractivity contribution in [2.45, 2.75) is 37.6 Å². The van der Waals surface area contributed by atoms with Crippen molar-refractivity contribution in [2.75, 3.05) is 18.9 Å². The molecule has 1 aromatic rings. The van der Waals surface area contributed by atoms with Crippen molar-refractivity contribution in [1.82, 2.24) is 5.32 Å². The van der Waals surface area contributed by atoms with Gasteiger partial charge in [0.1, 0.15) is 5.54 Å². The number of rotatable bonds is 8. The number of nitrogens with one attached hydrogen (secondary N) is 1. The standard InChI is InChI=1S/C15H21F2NO2S/c1-4-18-15(3,14(19)20-5-2)8-9-21-11-6-7-12(16)13(17)10-11/h6-7,10,18H,4-5,8-9H2,1-3H3. The highest BCUT2D eigenvalue weighted by Crippen LogP contribution is 2.24. The lowest BCUT2D eigenvalue weighted by Gasteiger charge is -2.27. The van der Waals surface area contributed by atoms with Crippen molar-refractivity contribution in [3.63, 3.8) is 0 Å². The summed E-state index contributed by atoms with van der Waals surface area (Å²) in [6.45, 7) is 6.45. The van der Waals surface area contributed by atoms with Gasteiger partial charge in [0, 0.05) is 10.6 Å². The summed E-state index contributed by atoms with van der Waals surface area (Å²) in [4.78, 5) is 12.6. The van der Waals surface area contributed by atoms with E-state index in [1.807, 2.05) is 6.92 Å². The van der Waals surface area contributed by atoms with E-state index < -0.39 is 17.2 Å². The second kappa shape index (κ2) is 8.34. The monoisotopic (exact) mass is 317 g/mol. The van der Waals surface area contributed by atoms with E-state index in [0.29, 0.717) is 30.2 Å². The normalized spacial score (nSPS) is 13.8. The zero-order chi connectivity index (χ0) is 15.9. The van der Waals surface area contributed by atoms with Crippen LogP contribution in [0.3, 0.4) is 0 Å². The van der Waals surface area contributed by atoms with E-state index >= 15 is 0 Å². The maximum atomic E-state index is 13.1. The molecule has 1 aromatic carbocycles. The first-order chi connectivity index (χ1) is 9.92. The number of hydrogen-bond acceptors (Lipinski definition) is 4. The number of ether oxygens (including phenoxy) is 1. The average molecular weight is 317 g/mol.